The predicted octanol–water partition coefficient (Wildman–Crippen LogP) is -3.94. The van der Waals surface area contributed by atoms with Gasteiger partial charge in [0.05, 0.1) is 6.04 Å². The highest BCUT2D eigenvalue weighted by atomic mass is 16.4. The second-order valence-electron chi connectivity index (χ2n) is 7.68. The molecule has 0 aliphatic carbocycles. The lowest BCUT2D eigenvalue weighted by Crippen LogP contribution is -2.57. The van der Waals surface area contributed by atoms with Crippen molar-refractivity contribution in [2.24, 2.45) is 27.9 Å². The Bertz CT molecular complexity index is 815. The molecule has 13 N–H and O–H groups in total. The fourth-order valence-corrected chi connectivity index (χ4v) is 2.66. The number of carboxylic acid groups (broad SMARTS) is 2. The van der Waals surface area contributed by atoms with Crippen molar-refractivity contribution in [3.05, 3.63) is 0 Å². The summed E-state index contributed by atoms with van der Waals surface area (Å²) >= 11 is 0. The Morgan fingerprint density at radius 1 is 0.800 bits per heavy atom. The molecule has 0 saturated heterocycles. The Hall–Kier alpha value is -3.95. The summed E-state index contributed by atoms with van der Waals surface area (Å²) in [6.07, 6.45) is -0.862. The Morgan fingerprint density at radius 2 is 1.34 bits per heavy atom. The van der Waals surface area contributed by atoms with Crippen LogP contribution < -0.4 is 38.9 Å². The van der Waals surface area contributed by atoms with Gasteiger partial charge in [-0.1, -0.05) is 0 Å². The minimum absolute atomic E-state index is 0.00923. The number of nitrogens with one attached hydrogen (secondary N) is 3. The van der Waals surface area contributed by atoms with E-state index in [1.807, 2.05) is 0 Å². The molecule has 0 aliphatic rings. The summed E-state index contributed by atoms with van der Waals surface area (Å²) in [4.78, 5) is 74.5. The summed E-state index contributed by atoms with van der Waals surface area (Å²) in [6, 6.07) is -5.06. The third-order valence-corrected chi connectivity index (χ3v) is 4.63. The number of aliphatic carboxylic acids is 2. The molecule has 4 amide bonds. The molecular weight excluding hydrogens is 468 g/mol. The van der Waals surface area contributed by atoms with E-state index in [-0.39, 0.29) is 51.0 Å². The maximum Gasteiger partial charge on any atom is 0.325 e. The van der Waals surface area contributed by atoms with Crippen LogP contribution in [-0.2, 0) is 28.8 Å². The van der Waals surface area contributed by atoms with Crippen LogP contribution in [0, 0.1) is 0 Å². The highest BCUT2D eigenvalue weighted by Crippen LogP contribution is 2.05. The van der Waals surface area contributed by atoms with Gasteiger partial charge in [0.15, 0.2) is 5.96 Å². The highest BCUT2D eigenvalue weighted by Gasteiger charge is 2.29. The van der Waals surface area contributed by atoms with Gasteiger partial charge in [0.1, 0.15) is 18.1 Å². The zero-order chi connectivity index (χ0) is 27.1. The van der Waals surface area contributed by atoms with E-state index < -0.39 is 59.7 Å². The minimum Gasteiger partial charge on any atom is -0.481 e. The van der Waals surface area contributed by atoms with Crippen molar-refractivity contribution >= 4 is 41.5 Å². The first-order valence-electron chi connectivity index (χ1n) is 10.7. The lowest BCUT2D eigenvalue weighted by atomic mass is 10.1. The summed E-state index contributed by atoms with van der Waals surface area (Å²) in [5.41, 5.74) is 21.3. The maximum atomic E-state index is 12.9. The van der Waals surface area contributed by atoms with Crippen LogP contribution in [0.1, 0.15) is 45.4 Å². The van der Waals surface area contributed by atoms with E-state index in [0.29, 0.717) is 0 Å². The van der Waals surface area contributed by atoms with Gasteiger partial charge in [0.2, 0.25) is 23.6 Å². The Labute approximate surface area is 201 Å². The zero-order valence-corrected chi connectivity index (χ0v) is 19.4. The fourth-order valence-electron chi connectivity index (χ4n) is 2.66. The molecule has 16 heteroatoms. The lowest BCUT2D eigenvalue weighted by molar-refractivity contribution is -0.142. The van der Waals surface area contributed by atoms with E-state index >= 15 is 0 Å². The molecule has 35 heavy (non-hydrogen) atoms. The zero-order valence-electron chi connectivity index (χ0n) is 19.4. The number of carbonyl (C=O) groups is 6. The number of carboxylic acids is 2. The van der Waals surface area contributed by atoms with E-state index in [1.165, 1.54) is 6.92 Å². The number of hydrogen-bond donors (Lipinski definition) is 9. The van der Waals surface area contributed by atoms with Crippen LogP contribution in [0.15, 0.2) is 4.99 Å². The maximum absolute atomic E-state index is 12.9. The van der Waals surface area contributed by atoms with E-state index in [4.69, 9.17) is 33.1 Å². The van der Waals surface area contributed by atoms with Crippen LogP contribution in [0.4, 0.5) is 0 Å². The van der Waals surface area contributed by atoms with Gasteiger partial charge in [-0.05, 0) is 32.6 Å². The second-order valence-corrected chi connectivity index (χ2v) is 7.68. The minimum atomic E-state index is -1.34. The summed E-state index contributed by atoms with van der Waals surface area (Å²) in [7, 11) is 0. The number of nitrogens with zero attached hydrogens (tertiary/aromatic N) is 1. The van der Waals surface area contributed by atoms with Crippen molar-refractivity contribution in [3.8, 4) is 0 Å². The molecule has 0 aromatic rings. The van der Waals surface area contributed by atoms with E-state index in [9.17, 15) is 28.8 Å². The second kappa shape index (κ2) is 15.8. The molecule has 0 rings (SSSR count). The monoisotopic (exact) mass is 502 g/mol. The molecule has 0 fully saturated rings. The lowest BCUT2D eigenvalue weighted by Gasteiger charge is -2.24. The Kier molecular flexibility index (Phi) is 14.0. The van der Waals surface area contributed by atoms with E-state index in [2.05, 4.69) is 20.9 Å². The molecule has 0 aliphatic heterocycles. The molecule has 0 heterocycles. The van der Waals surface area contributed by atoms with Gasteiger partial charge in [-0.25, -0.2) is 0 Å². The number of rotatable bonds is 17. The van der Waals surface area contributed by atoms with Crippen molar-refractivity contribution in [3.63, 3.8) is 0 Å². The van der Waals surface area contributed by atoms with Gasteiger partial charge < -0.3 is 49.1 Å². The molecular formula is C19H34N8O8. The number of hydrogen-bond acceptors (Lipinski definition) is 8. The molecule has 198 valence electrons. The van der Waals surface area contributed by atoms with Crippen LogP contribution in [0.5, 0.6) is 0 Å². The van der Waals surface area contributed by atoms with Crippen LogP contribution in [-0.4, -0.2) is 82.5 Å². The Balaban J connectivity index is 5.50. The van der Waals surface area contributed by atoms with Gasteiger partial charge in [-0.3, -0.25) is 33.8 Å². The summed E-state index contributed by atoms with van der Waals surface area (Å²) in [5.74, 6) is -5.92. The quantitative estimate of drug-likeness (QED) is 0.0525. The average Bonchev–Trinajstić information content (AvgIpc) is 2.75. The van der Waals surface area contributed by atoms with Crippen molar-refractivity contribution < 1.29 is 39.0 Å². The molecule has 0 radical (unpaired) electrons. The molecule has 4 unspecified atom stereocenters. The standard InChI is InChI=1S/C19H34N8O8/c1-9(18(34)35)25-16(32)11(3-2-8-24-19(22)23)27-17(33)12(5-6-13(21)28)26-15(31)10(20)4-7-14(29)30/h9-12H,2-8,20H2,1H3,(H2,21,28)(H,25,32)(H,26,31)(H,27,33)(H,29,30)(H,34,35)(H4,22,23,24). The van der Waals surface area contributed by atoms with Crippen LogP contribution >= 0.6 is 0 Å². The normalized spacial score (nSPS) is 13.9. The molecule has 0 aromatic carbocycles. The molecule has 0 aromatic heterocycles. The van der Waals surface area contributed by atoms with Crippen molar-refractivity contribution in [2.45, 2.75) is 69.6 Å². The molecule has 0 saturated carbocycles. The first-order valence-corrected chi connectivity index (χ1v) is 10.7. The number of aliphatic imine (C=N–C) groups is 1. The molecule has 16 nitrogen and oxygen atoms in total. The molecule has 0 spiro atoms. The Morgan fingerprint density at radius 3 is 1.86 bits per heavy atom. The van der Waals surface area contributed by atoms with Crippen LogP contribution in [0.25, 0.3) is 0 Å². The summed E-state index contributed by atoms with van der Waals surface area (Å²) in [6.45, 7) is 1.35. The smallest absolute Gasteiger partial charge is 0.325 e. The van der Waals surface area contributed by atoms with Crippen LogP contribution in [0.3, 0.4) is 0 Å². The summed E-state index contributed by atoms with van der Waals surface area (Å²) < 4.78 is 0. The fraction of sp³-hybridized carbons (Fsp3) is 0.632. The third kappa shape index (κ3) is 14.0. The highest BCUT2D eigenvalue weighted by molar-refractivity contribution is 5.94. The molecule has 4 atom stereocenters. The van der Waals surface area contributed by atoms with E-state index in [0.717, 1.165) is 0 Å². The van der Waals surface area contributed by atoms with Crippen molar-refractivity contribution in [1.29, 1.82) is 0 Å². The number of nitrogens with two attached hydrogens (primary N) is 4. The number of amides is 4. The number of primary amides is 1. The van der Waals surface area contributed by atoms with Gasteiger partial charge >= 0.3 is 11.9 Å². The SMILES string of the molecule is CC(NC(=O)C(CCCN=C(N)N)NC(=O)C(CCC(N)=O)NC(=O)C(N)CCC(=O)O)C(=O)O. The topological polar surface area (TPSA) is 295 Å². The first kappa shape index (κ1) is 31.0. The van der Waals surface area contributed by atoms with Gasteiger partial charge in [0, 0.05) is 19.4 Å². The number of carbonyl (C=O) groups excluding carboxylic acids is 4. The largest absolute Gasteiger partial charge is 0.481 e. The molecule has 0 bridgehead atoms. The third-order valence-electron chi connectivity index (χ3n) is 4.63. The predicted molar refractivity (Wildman–Crippen MR) is 122 cm³/mol. The average molecular weight is 503 g/mol. The van der Waals surface area contributed by atoms with Crippen molar-refractivity contribution in [2.75, 3.05) is 6.54 Å². The van der Waals surface area contributed by atoms with Crippen LogP contribution in [0.2, 0.25) is 0 Å². The van der Waals surface area contributed by atoms with Gasteiger partial charge in [-0.15, -0.1) is 0 Å². The van der Waals surface area contributed by atoms with Gasteiger partial charge in [-0.2, -0.15) is 0 Å². The van der Waals surface area contributed by atoms with E-state index in [1.54, 1.807) is 0 Å². The van der Waals surface area contributed by atoms with Gasteiger partial charge in [0.25, 0.3) is 0 Å². The number of guanidine groups is 1. The van der Waals surface area contributed by atoms with Crippen molar-refractivity contribution in [1.82, 2.24) is 16.0 Å². The summed E-state index contributed by atoms with van der Waals surface area (Å²) in [5, 5.41) is 24.7. The first-order chi connectivity index (χ1) is 16.2.